The van der Waals surface area contributed by atoms with Crippen LogP contribution in [0.4, 0.5) is 5.69 Å². The smallest absolute Gasteiger partial charge is 0.265 e. The number of halogens is 2. The standard InChI is InChI=1S/C18H16Cl2N2O2S/c1-4-15(23)16-10-14(21-2)17(25-16)18(24)22(3)8-7-11-5-6-12(19)9-13(11)20/h4-6,9-10H,1-2,7-8H2,3H3. The van der Waals surface area contributed by atoms with Crippen molar-refractivity contribution in [3.8, 4) is 0 Å². The van der Waals surface area contributed by atoms with Crippen molar-refractivity contribution in [2.45, 2.75) is 6.42 Å². The van der Waals surface area contributed by atoms with Gasteiger partial charge in [0.1, 0.15) is 4.88 Å². The topological polar surface area (TPSA) is 49.7 Å². The molecule has 0 aliphatic carbocycles. The Labute approximate surface area is 160 Å². The number of aliphatic imine (C=N–C) groups is 1. The summed E-state index contributed by atoms with van der Waals surface area (Å²) in [6, 6.07) is 6.83. The van der Waals surface area contributed by atoms with Crippen molar-refractivity contribution in [3.63, 3.8) is 0 Å². The van der Waals surface area contributed by atoms with Gasteiger partial charge in [0, 0.05) is 23.6 Å². The van der Waals surface area contributed by atoms with Crippen molar-refractivity contribution in [3.05, 3.63) is 62.3 Å². The average Bonchev–Trinajstić information content (AvgIpc) is 3.03. The van der Waals surface area contributed by atoms with E-state index in [1.165, 1.54) is 6.08 Å². The first kappa shape index (κ1) is 19.4. The molecule has 1 heterocycles. The van der Waals surface area contributed by atoms with Crippen molar-refractivity contribution in [2.75, 3.05) is 13.6 Å². The Kier molecular flexibility index (Phi) is 6.53. The number of nitrogens with zero attached hydrogens (tertiary/aromatic N) is 2. The molecule has 0 aliphatic rings. The molecule has 1 amide bonds. The molecule has 7 heteroatoms. The number of allylic oxidation sites excluding steroid dienone is 1. The molecule has 0 bridgehead atoms. The van der Waals surface area contributed by atoms with Gasteiger partial charge in [-0.05, 0) is 43.0 Å². The molecule has 0 saturated heterocycles. The van der Waals surface area contributed by atoms with Crippen LogP contribution in [0.25, 0.3) is 0 Å². The molecule has 130 valence electrons. The molecule has 0 atom stereocenters. The summed E-state index contributed by atoms with van der Waals surface area (Å²) < 4.78 is 0. The fourth-order valence-electron chi connectivity index (χ4n) is 2.16. The molecule has 25 heavy (non-hydrogen) atoms. The highest BCUT2D eigenvalue weighted by molar-refractivity contribution is 7.16. The predicted octanol–water partition coefficient (Wildman–Crippen LogP) is 5.07. The molecule has 0 radical (unpaired) electrons. The van der Waals surface area contributed by atoms with E-state index in [9.17, 15) is 9.59 Å². The summed E-state index contributed by atoms with van der Waals surface area (Å²) in [6.45, 7) is 7.37. The Morgan fingerprint density at radius 1 is 1.32 bits per heavy atom. The number of carbonyl (C=O) groups excluding carboxylic acids is 2. The monoisotopic (exact) mass is 394 g/mol. The summed E-state index contributed by atoms with van der Waals surface area (Å²) in [5.74, 6) is -0.467. The number of rotatable bonds is 7. The molecule has 0 aliphatic heterocycles. The van der Waals surface area contributed by atoms with Gasteiger partial charge in [-0.15, -0.1) is 11.3 Å². The highest BCUT2D eigenvalue weighted by Gasteiger charge is 2.21. The van der Waals surface area contributed by atoms with Gasteiger partial charge in [-0.3, -0.25) is 14.6 Å². The molecular weight excluding hydrogens is 379 g/mol. The molecule has 4 nitrogen and oxygen atoms in total. The van der Waals surface area contributed by atoms with Crippen LogP contribution in [0.1, 0.15) is 24.9 Å². The third-order valence-electron chi connectivity index (χ3n) is 3.58. The number of ketones is 1. The van der Waals surface area contributed by atoms with E-state index in [0.29, 0.717) is 38.5 Å². The third kappa shape index (κ3) is 4.57. The number of benzene rings is 1. The van der Waals surface area contributed by atoms with Gasteiger partial charge in [-0.2, -0.15) is 0 Å². The normalized spacial score (nSPS) is 10.4. The van der Waals surface area contributed by atoms with E-state index >= 15 is 0 Å². The lowest BCUT2D eigenvalue weighted by Crippen LogP contribution is -2.28. The second-order valence-electron chi connectivity index (χ2n) is 5.26. The Bertz CT molecular complexity index is 846. The van der Waals surface area contributed by atoms with Crippen molar-refractivity contribution in [1.82, 2.24) is 4.90 Å². The van der Waals surface area contributed by atoms with Crippen LogP contribution in [0, 0.1) is 0 Å². The van der Waals surface area contributed by atoms with Crippen LogP contribution in [0.2, 0.25) is 10.0 Å². The largest absolute Gasteiger partial charge is 0.341 e. The Morgan fingerprint density at radius 3 is 2.64 bits per heavy atom. The van der Waals surface area contributed by atoms with Crippen molar-refractivity contribution in [2.24, 2.45) is 4.99 Å². The number of carbonyl (C=O) groups is 2. The van der Waals surface area contributed by atoms with Gasteiger partial charge in [0.15, 0.2) is 5.78 Å². The minimum atomic E-state index is -0.246. The molecule has 0 saturated carbocycles. The summed E-state index contributed by atoms with van der Waals surface area (Å²) in [7, 11) is 1.69. The van der Waals surface area contributed by atoms with Crippen LogP contribution in [0.15, 0.2) is 41.9 Å². The number of hydrogen-bond acceptors (Lipinski definition) is 4. The number of likely N-dealkylation sites (N-methyl/N-ethyl adjacent to an activating group) is 1. The molecule has 1 aromatic heterocycles. The summed E-state index contributed by atoms with van der Waals surface area (Å²) in [4.78, 5) is 30.6. The Morgan fingerprint density at radius 2 is 2.04 bits per heavy atom. The first-order chi connectivity index (χ1) is 11.9. The summed E-state index contributed by atoms with van der Waals surface area (Å²) in [5, 5.41) is 1.13. The molecule has 0 unspecified atom stereocenters. The van der Waals surface area contributed by atoms with Crippen molar-refractivity contribution in [1.29, 1.82) is 0 Å². The lowest BCUT2D eigenvalue weighted by Gasteiger charge is -2.17. The molecule has 0 fully saturated rings. The molecule has 0 N–H and O–H groups in total. The minimum absolute atomic E-state index is 0.222. The highest BCUT2D eigenvalue weighted by Crippen LogP contribution is 2.31. The molecule has 0 spiro atoms. The van der Waals surface area contributed by atoms with E-state index in [2.05, 4.69) is 18.3 Å². The van der Waals surface area contributed by atoms with Gasteiger partial charge < -0.3 is 4.90 Å². The summed E-state index contributed by atoms with van der Waals surface area (Å²) >= 11 is 13.1. The van der Waals surface area contributed by atoms with Gasteiger partial charge >= 0.3 is 0 Å². The Hall–Kier alpha value is -1.95. The first-order valence-corrected chi connectivity index (χ1v) is 8.91. The van der Waals surface area contributed by atoms with Gasteiger partial charge in [0.25, 0.3) is 5.91 Å². The van der Waals surface area contributed by atoms with Gasteiger partial charge in [-0.1, -0.05) is 35.8 Å². The maximum absolute atomic E-state index is 12.7. The van der Waals surface area contributed by atoms with Crippen molar-refractivity contribution >= 4 is 58.6 Å². The predicted molar refractivity (Wildman–Crippen MR) is 105 cm³/mol. The maximum Gasteiger partial charge on any atom is 0.265 e. The molecular formula is C18H16Cl2N2O2S. The average molecular weight is 395 g/mol. The van der Waals surface area contributed by atoms with E-state index in [1.54, 1.807) is 30.1 Å². The van der Waals surface area contributed by atoms with E-state index in [-0.39, 0.29) is 11.7 Å². The first-order valence-electron chi connectivity index (χ1n) is 7.34. The van der Waals surface area contributed by atoms with Crippen LogP contribution in [-0.2, 0) is 6.42 Å². The van der Waals surface area contributed by atoms with Crippen LogP contribution in [0.3, 0.4) is 0 Å². The van der Waals surface area contributed by atoms with Crippen LogP contribution >= 0.6 is 34.5 Å². The SMILES string of the molecule is C=CC(=O)c1cc(N=C)c(C(=O)N(C)CCc2ccc(Cl)cc2Cl)s1. The number of thiophene rings is 1. The quantitative estimate of drug-likeness (QED) is 0.373. The van der Waals surface area contributed by atoms with Gasteiger partial charge in [0.05, 0.1) is 10.6 Å². The fourth-order valence-corrected chi connectivity index (χ4v) is 3.71. The summed E-state index contributed by atoms with van der Waals surface area (Å²) in [5.41, 5.74) is 1.30. The van der Waals surface area contributed by atoms with E-state index in [1.807, 2.05) is 6.07 Å². The van der Waals surface area contributed by atoms with Crippen LogP contribution in [-0.4, -0.2) is 36.9 Å². The lowest BCUT2D eigenvalue weighted by atomic mass is 10.1. The molecule has 1 aromatic carbocycles. The van der Waals surface area contributed by atoms with E-state index in [4.69, 9.17) is 23.2 Å². The molecule has 2 aromatic rings. The lowest BCUT2D eigenvalue weighted by molar-refractivity contribution is 0.0802. The van der Waals surface area contributed by atoms with Crippen LogP contribution < -0.4 is 0 Å². The number of hydrogen-bond donors (Lipinski definition) is 0. The van der Waals surface area contributed by atoms with Gasteiger partial charge in [0.2, 0.25) is 0 Å². The zero-order chi connectivity index (χ0) is 18.6. The second kappa shape index (κ2) is 8.43. The second-order valence-corrected chi connectivity index (χ2v) is 7.16. The van der Waals surface area contributed by atoms with Crippen molar-refractivity contribution < 1.29 is 9.59 Å². The maximum atomic E-state index is 12.7. The number of amides is 1. The fraction of sp³-hybridized carbons (Fsp3) is 0.167. The zero-order valence-electron chi connectivity index (χ0n) is 13.6. The third-order valence-corrected chi connectivity index (χ3v) is 5.30. The zero-order valence-corrected chi connectivity index (χ0v) is 15.9. The Balaban J connectivity index is 2.14. The van der Waals surface area contributed by atoms with Gasteiger partial charge in [-0.25, -0.2) is 0 Å². The highest BCUT2D eigenvalue weighted by atomic mass is 35.5. The van der Waals surface area contributed by atoms with Crippen LogP contribution in [0.5, 0.6) is 0 Å². The van der Waals surface area contributed by atoms with E-state index < -0.39 is 0 Å². The minimum Gasteiger partial charge on any atom is -0.341 e. The van der Waals surface area contributed by atoms with E-state index in [0.717, 1.165) is 16.9 Å². The molecule has 2 rings (SSSR count). The summed E-state index contributed by atoms with van der Waals surface area (Å²) in [6.07, 6.45) is 1.79.